The molecular weight excluding hydrogens is 773 g/mol. The second-order valence-electron chi connectivity index (χ2n) is 15.9. The second-order valence-corrected chi connectivity index (χ2v) is 17.0. The molecule has 0 fully saturated rings. The summed E-state index contributed by atoms with van der Waals surface area (Å²) in [6.45, 7) is 0. The first-order valence-corrected chi connectivity index (χ1v) is 21.9. The van der Waals surface area contributed by atoms with Crippen molar-refractivity contribution in [3.05, 3.63) is 218 Å². The Morgan fingerprint density at radius 3 is 1.68 bits per heavy atom. The number of hydrogen-bond donors (Lipinski definition) is 0. The van der Waals surface area contributed by atoms with Gasteiger partial charge in [0.15, 0.2) is 11.6 Å². The third kappa shape index (κ3) is 6.25. The molecule has 0 radical (unpaired) electrons. The van der Waals surface area contributed by atoms with Crippen molar-refractivity contribution in [3.8, 4) is 61.8 Å². The average molecular weight is 811 g/mol. The number of aromatic nitrogens is 4. The summed E-state index contributed by atoms with van der Waals surface area (Å²) in [5.74, 6) is 2.11. The van der Waals surface area contributed by atoms with E-state index in [1.54, 1.807) is 0 Å². The Labute approximate surface area is 363 Å². The summed E-state index contributed by atoms with van der Waals surface area (Å²) in [5.41, 5.74) is 12.1. The van der Waals surface area contributed by atoms with Gasteiger partial charge in [0.25, 0.3) is 0 Å². The van der Waals surface area contributed by atoms with E-state index in [9.17, 15) is 0 Å². The molecule has 0 amide bonds. The number of hydrogen-bond acceptors (Lipinski definition) is 4. The van der Waals surface area contributed by atoms with Crippen LogP contribution in [0, 0.1) is 0 Å². The maximum Gasteiger partial charge on any atom is 0.163 e. The first-order chi connectivity index (χ1) is 30.7. The zero-order chi connectivity index (χ0) is 41.0. The summed E-state index contributed by atoms with van der Waals surface area (Å²) >= 11 is 1.86. The van der Waals surface area contributed by atoms with Crippen LogP contribution in [0.25, 0.3) is 104 Å². The largest absolute Gasteiger partial charge is 0.308 e. The molecule has 0 bridgehead atoms. The highest BCUT2D eigenvalue weighted by atomic mass is 32.1. The van der Waals surface area contributed by atoms with Gasteiger partial charge in [0.2, 0.25) is 0 Å². The molecule has 11 aromatic rings. The normalized spacial score (nSPS) is 13.8. The number of rotatable bonds is 7. The van der Waals surface area contributed by atoms with Gasteiger partial charge in [-0.25, -0.2) is 15.0 Å². The standard InChI is InChI=1S/C57H38N4S/c1-5-17-37(18-6-1)38-29-31-42(32-30-38)56-58-55(41-23-11-4-12-24-41)59-57(60-56)43-33-46(39-19-7-2-8-20-39)54(47(34-43)40-21-9-3-10-22-40)61-50-27-15-13-25-44(50)48-35-49-45-26-14-16-28-52(45)62-53(49)36-51(48)61/h1-23,25-36,41H,24H2/t41-/m1/s1. The minimum atomic E-state index is 0.0360. The molecule has 12 rings (SSSR count). The first kappa shape index (κ1) is 36.1. The van der Waals surface area contributed by atoms with Gasteiger partial charge < -0.3 is 4.57 Å². The Kier molecular flexibility index (Phi) is 8.79. The molecular formula is C57H38N4S. The quantitative estimate of drug-likeness (QED) is 0.161. The molecule has 0 saturated heterocycles. The number of nitrogens with zero attached hydrogens (tertiary/aromatic N) is 4. The summed E-state index contributed by atoms with van der Waals surface area (Å²) in [5, 5.41) is 5.05. The van der Waals surface area contributed by atoms with Crippen molar-refractivity contribution in [2.45, 2.75) is 12.3 Å². The molecule has 292 valence electrons. The van der Waals surface area contributed by atoms with Gasteiger partial charge in [-0.05, 0) is 65.1 Å². The molecule has 3 heterocycles. The van der Waals surface area contributed by atoms with Crippen molar-refractivity contribution < 1.29 is 0 Å². The first-order valence-electron chi connectivity index (χ1n) is 21.1. The Morgan fingerprint density at radius 1 is 0.419 bits per heavy atom. The van der Waals surface area contributed by atoms with Crippen LogP contribution >= 0.6 is 11.3 Å². The third-order valence-corrected chi connectivity index (χ3v) is 13.3. The molecule has 5 heteroatoms. The molecule has 0 saturated carbocycles. The van der Waals surface area contributed by atoms with E-state index in [4.69, 9.17) is 15.0 Å². The van der Waals surface area contributed by atoms with Crippen LogP contribution in [0.2, 0.25) is 0 Å². The Bertz CT molecular complexity index is 3470. The van der Waals surface area contributed by atoms with E-state index in [-0.39, 0.29) is 5.92 Å². The molecule has 1 atom stereocenters. The van der Waals surface area contributed by atoms with Crippen molar-refractivity contribution in [3.63, 3.8) is 0 Å². The predicted molar refractivity (Wildman–Crippen MR) is 260 cm³/mol. The van der Waals surface area contributed by atoms with Crippen molar-refractivity contribution in [2.75, 3.05) is 0 Å². The number of para-hydroxylation sites is 1. The smallest absolute Gasteiger partial charge is 0.163 e. The maximum absolute atomic E-state index is 5.32. The molecule has 0 N–H and O–H groups in total. The number of allylic oxidation sites excluding steroid dienone is 4. The minimum absolute atomic E-state index is 0.0360. The number of fused-ring (bicyclic) bond motifs is 6. The number of benzene rings is 8. The van der Waals surface area contributed by atoms with Gasteiger partial charge in [0, 0.05) is 59.1 Å². The zero-order valence-corrected chi connectivity index (χ0v) is 34.5. The predicted octanol–water partition coefficient (Wildman–Crippen LogP) is 15.3. The molecule has 1 aliphatic rings. The van der Waals surface area contributed by atoms with E-state index in [2.05, 4.69) is 211 Å². The fraction of sp³-hybridized carbons (Fsp3) is 0.0351. The van der Waals surface area contributed by atoms with Crippen LogP contribution < -0.4 is 0 Å². The van der Waals surface area contributed by atoms with Crippen LogP contribution in [0.4, 0.5) is 0 Å². The van der Waals surface area contributed by atoms with Crippen molar-refractivity contribution in [2.24, 2.45) is 0 Å². The summed E-state index contributed by atoms with van der Waals surface area (Å²) in [6, 6.07) is 67.6. The Hall–Kier alpha value is -7.73. The fourth-order valence-corrected chi connectivity index (χ4v) is 10.3. The van der Waals surface area contributed by atoms with Gasteiger partial charge in [0.05, 0.1) is 16.7 Å². The fourth-order valence-electron chi connectivity index (χ4n) is 9.14. The lowest BCUT2D eigenvalue weighted by Gasteiger charge is -2.21. The molecule has 1 aliphatic carbocycles. The molecule has 0 aliphatic heterocycles. The zero-order valence-electron chi connectivity index (χ0n) is 33.7. The van der Waals surface area contributed by atoms with Crippen LogP contribution in [-0.2, 0) is 0 Å². The minimum Gasteiger partial charge on any atom is -0.308 e. The van der Waals surface area contributed by atoms with Gasteiger partial charge in [-0.1, -0.05) is 176 Å². The van der Waals surface area contributed by atoms with Crippen LogP contribution in [0.5, 0.6) is 0 Å². The van der Waals surface area contributed by atoms with Crippen molar-refractivity contribution in [1.29, 1.82) is 0 Å². The lowest BCUT2D eigenvalue weighted by molar-refractivity contribution is 0.764. The van der Waals surface area contributed by atoms with Gasteiger partial charge >= 0.3 is 0 Å². The van der Waals surface area contributed by atoms with Crippen LogP contribution in [-0.4, -0.2) is 19.5 Å². The monoisotopic (exact) mass is 810 g/mol. The molecule has 0 unspecified atom stereocenters. The van der Waals surface area contributed by atoms with Gasteiger partial charge in [-0.3, -0.25) is 0 Å². The lowest BCUT2D eigenvalue weighted by Crippen LogP contribution is -2.08. The molecule has 3 aromatic heterocycles. The highest BCUT2D eigenvalue weighted by molar-refractivity contribution is 7.25. The Balaban J connectivity index is 1.14. The highest BCUT2D eigenvalue weighted by Gasteiger charge is 2.24. The SMILES string of the molecule is C1=CC[C@H](c2nc(-c3ccc(-c4ccccc4)cc3)nc(-c3cc(-c4ccccc4)c(-n4c5ccccc5c5cc6c(cc54)sc4ccccc46)c(-c4ccccc4)c3)n2)C=C1. The molecule has 8 aromatic carbocycles. The summed E-state index contributed by atoms with van der Waals surface area (Å²) in [4.78, 5) is 15.8. The summed E-state index contributed by atoms with van der Waals surface area (Å²) < 4.78 is 5.07. The maximum atomic E-state index is 5.32. The topological polar surface area (TPSA) is 43.6 Å². The van der Waals surface area contributed by atoms with Gasteiger partial charge in [-0.15, -0.1) is 11.3 Å². The molecule has 0 spiro atoms. The molecule has 62 heavy (non-hydrogen) atoms. The van der Waals surface area contributed by atoms with Crippen LogP contribution in [0.3, 0.4) is 0 Å². The Morgan fingerprint density at radius 2 is 1.00 bits per heavy atom. The third-order valence-electron chi connectivity index (χ3n) is 12.1. The van der Waals surface area contributed by atoms with Crippen molar-refractivity contribution >= 4 is 53.3 Å². The second kappa shape index (κ2) is 15.1. The van der Waals surface area contributed by atoms with E-state index < -0.39 is 0 Å². The van der Waals surface area contributed by atoms with Gasteiger partial charge in [0.1, 0.15) is 5.82 Å². The summed E-state index contributed by atoms with van der Waals surface area (Å²) in [7, 11) is 0. The van der Waals surface area contributed by atoms with E-state index in [0.717, 1.165) is 62.4 Å². The van der Waals surface area contributed by atoms with E-state index in [0.29, 0.717) is 11.6 Å². The van der Waals surface area contributed by atoms with Crippen LogP contribution in [0.15, 0.2) is 212 Å². The number of thiophene rings is 1. The summed E-state index contributed by atoms with van der Waals surface area (Å²) in [6.07, 6.45) is 9.41. The lowest BCUT2D eigenvalue weighted by atomic mass is 9.92. The molecule has 4 nitrogen and oxygen atoms in total. The van der Waals surface area contributed by atoms with Crippen LogP contribution in [0.1, 0.15) is 18.2 Å². The van der Waals surface area contributed by atoms with E-state index in [1.165, 1.54) is 42.0 Å². The van der Waals surface area contributed by atoms with E-state index in [1.807, 2.05) is 17.4 Å². The van der Waals surface area contributed by atoms with Crippen molar-refractivity contribution in [1.82, 2.24) is 19.5 Å². The van der Waals surface area contributed by atoms with E-state index >= 15 is 0 Å². The average Bonchev–Trinajstić information content (AvgIpc) is 3.88. The van der Waals surface area contributed by atoms with Gasteiger partial charge in [-0.2, -0.15) is 0 Å². The highest BCUT2D eigenvalue weighted by Crippen LogP contribution is 2.46.